The number of carbonyl (C=O) groups excluding carboxylic acids is 1. The number of ether oxygens (including phenoxy) is 1. The van der Waals surface area contributed by atoms with Gasteiger partial charge in [0, 0.05) is 13.1 Å². The predicted molar refractivity (Wildman–Crippen MR) is 74.7 cm³/mol. The van der Waals surface area contributed by atoms with Crippen molar-refractivity contribution in [3.63, 3.8) is 0 Å². The van der Waals surface area contributed by atoms with E-state index in [1.165, 1.54) is 4.90 Å². The number of benzene rings is 1. The van der Waals surface area contributed by atoms with Crippen molar-refractivity contribution in [2.75, 3.05) is 26.2 Å². The van der Waals surface area contributed by atoms with Gasteiger partial charge in [0.05, 0.1) is 12.3 Å². The first-order valence-electron chi connectivity index (χ1n) is 6.41. The van der Waals surface area contributed by atoms with Gasteiger partial charge in [0.15, 0.2) is 0 Å². The largest absolute Gasteiger partial charge is 0.448 e. The lowest BCUT2D eigenvalue weighted by atomic mass is 10.2. The molecule has 0 unspecified atom stereocenters. The van der Waals surface area contributed by atoms with Crippen molar-refractivity contribution in [1.82, 2.24) is 9.62 Å². The highest BCUT2D eigenvalue weighted by Gasteiger charge is 2.21. The van der Waals surface area contributed by atoms with E-state index in [1.54, 1.807) is 12.1 Å². The summed E-state index contributed by atoms with van der Waals surface area (Å²) in [5, 5.41) is 0. The van der Waals surface area contributed by atoms with Gasteiger partial charge < -0.3 is 9.64 Å². The van der Waals surface area contributed by atoms with E-state index in [2.05, 4.69) is 4.72 Å². The van der Waals surface area contributed by atoms with Crippen molar-refractivity contribution in [1.29, 1.82) is 0 Å². The fraction of sp³-hybridized carbons (Fsp3) is 0.462. The third kappa shape index (κ3) is 4.21. The minimum absolute atomic E-state index is 0.0578. The normalized spacial score (nSPS) is 15.4. The van der Waals surface area contributed by atoms with Crippen LogP contribution in [-0.2, 0) is 20.5 Å². The second kappa shape index (κ2) is 6.23. The number of amides is 1. The Balaban J connectivity index is 1.81. The molecule has 110 valence electrons. The quantitative estimate of drug-likeness (QED) is 0.845. The lowest BCUT2D eigenvalue weighted by Crippen LogP contribution is -2.35. The average molecular weight is 298 g/mol. The zero-order valence-electron chi connectivity index (χ0n) is 11.3. The molecule has 0 bridgehead atoms. The van der Waals surface area contributed by atoms with Crippen molar-refractivity contribution in [2.45, 2.75) is 12.7 Å². The number of nitrogens with zero attached hydrogens (tertiary/aromatic N) is 1. The van der Waals surface area contributed by atoms with E-state index in [9.17, 15) is 13.2 Å². The monoisotopic (exact) mass is 298 g/mol. The molecule has 1 saturated heterocycles. The second-order valence-electron chi connectivity index (χ2n) is 4.74. The number of rotatable bonds is 6. The minimum atomic E-state index is -3.39. The molecule has 20 heavy (non-hydrogen) atoms. The lowest BCUT2D eigenvalue weighted by molar-refractivity contribution is 0.159. The van der Waals surface area contributed by atoms with Crippen molar-refractivity contribution in [2.24, 2.45) is 0 Å². The number of aryl methyl sites for hydroxylation is 1. The maximum Gasteiger partial charge on any atom is 0.409 e. The van der Waals surface area contributed by atoms with Crippen LogP contribution >= 0.6 is 0 Å². The maximum atomic E-state index is 11.9. The summed E-state index contributed by atoms with van der Waals surface area (Å²) < 4.78 is 31.0. The molecule has 1 aromatic rings. The van der Waals surface area contributed by atoms with E-state index < -0.39 is 10.0 Å². The summed E-state index contributed by atoms with van der Waals surface area (Å²) in [4.78, 5) is 12.7. The smallest absolute Gasteiger partial charge is 0.409 e. The molecule has 7 heteroatoms. The number of nitrogens with one attached hydrogen (secondary N) is 1. The molecule has 1 fully saturated rings. The van der Waals surface area contributed by atoms with Crippen LogP contribution in [0.2, 0.25) is 0 Å². The molecule has 0 radical (unpaired) electrons. The van der Waals surface area contributed by atoms with E-state index in [0.717, 1.165) is 11.1 Å². The zero-order valence-corrected chi connectivity index (χ0v) is 12.1. The number of hydrogen-bond donors (Lipinski definition) is 1. The topological polar surface area (TPSA) is 75.7 Å². The van der Waals surface area contributed by atoms with Crippen LogP contribution in [0.3, 0.4) is 0 Å². The van der Waals surface area contributed by atoms with Crippen molar-refractivity contribution < 1.29 is 17.9 Å². The standard InChI is InChI=1S/C13H18N2O4S/c1-11-2-4-12(5-3-11)10-20(17,18)14-6-7-15-8-9-19-13(15)16/h2-5,14H,6-10H2,1H3. The van der Waals surface area contributed by atoms with Gasteiger partial charge in [0.25, 0.3) is 0 Å². The van der Waals surface area contributed by atoms with E-state index in [0.29, 0.717) is 19.7 Å². The summed E-state index contributed by atoms with van der Waals surface area (Å²) >= 11 is 0. The third-order valence-electron chi connectivity index (χ3n) is 3.03. The zero-order chi connectivity index (χ0) is 14.6. The molecular formula is C13H18N2O4S. The number of cyclic esters (lactones) is 1. The molecule has 0 aliphatic carbocycles. The van der Waals surface area contributed by atoms with Crippen molar-refractivity contribution >= 4 is 16.1 Å². The molecule has 2 rings (SSSR count). The summed E-state index contributed by atoms with van der Waals surface area (Å²) in [6, 6.07) is 7.36. The number of carbonyl (C=O) groups is 1. The molecule has 1 N–H and O–H groups in total. The van der Waals surface area contributed by atoms with Crippen molar-refractivity contribution in [3.05, 3.63) is 35.4 Å². The summed E-state index contributed by atoms with van der Waals surface area (Å²) in [5.41, 5.74) is 1.83. The van der Waals surface area contributed by atoms with Gasteiger partial charge in [-0.2, -0.15) is 0 Å². The van der Waals surface area contributed by atoms with Crippen LogP contribution in [-0.4, -0.2) is 45.7 Å². The Bertz CT molecular complexity index is 569. The molecule has 0 spiro atoms. The van der Waals surface area contributed by atoms with Gasteiger partial charge >= 0.3 is 6.09 Å². The molecule has 6 nitrogen and oxygen atoms in total. The first kappa shape index (κ1) is 14.8. The summed E-state index contributed by atoms with van der Waals surface area (Å²) in [5.74, 6) is -0.0578. The number of hydrogen-bond acceptors (Lipinski definition) is 4. The van der Waals surface area contributed by atoms with Crippen LogP contribution < -0.4 is 4.72 Å². The van der Waals surface area contributed by atoms with E-state index in [-0.39, 0.29) is 18.4 Å². The molecule has 1 aliphatic heterocycles. The Morgan fingerprint density at radius 3 is 2.60 bits per heavy atom. The minimum Gasteiger partial charge on any atom is -0.448 e. The van der Waals surface area contributed by atoms with Crippen LogP contribution in [0.25, 0.3) is 0 Å². The van der Waals surface area contributed by atoms with Gasteiger partial charge in [-0.25, -0.2) is 17.9 Å². The van der Waals surface area contributed by atoms with Gasteiger partial charge in [0.1, 0.15) is 6.61 Å². The van der Waals surface area contributed by atoms with Gasteiger partial charge in [0.2, 0.25) is 10.0 Å². The molecule has 1 heterocycles. The van der Waals surface area contributed by atoms with Crippen LogP contribution in [0.5, 0.6) is 0 Å². The maximum absolute atomic E-state index is 11.9. The Kier molecular flexibility index (Phi) is 4.61. The molecule has 0 saturated carbocycles. The van der Waals surface area contributed by atoms with Crippen LogP contribution in [0.1, 0.15) is 11.1 Å². The Labute approximate surface area is 118 Å². The molecule has 1 amide bonds. The fourth-order valence-electron chi connectivity index (χ4n) is 1.92. The van der Waals surface area contributed by atoms with Crippen LogP contribution in [0.4, 0.5) is 4.79 Å². The highest BCUT2D eigenvalue weighted by atomic mass is 32.2. The Morgan fingerprint density at radius 2 is 2.00 bits per heavy atom. The van der Waals surface area contributed by atoms with Gasteiger partial charge in [-0.05, 0) is 12.5 Å². The van der Waals surface area contributed by atoms with E-state index >= 15 is 0 Å². The highest BCUT2D eigenvalue weighted by molar-refractivity contribution is 7.88. The average Bonchev–Trinajstić information content (AvgIpc) is 2.78. The SMILES string of the molecule is Cc1ccc(CS(=O)(=O)NCCN2CCOC2=O)cc1. The molecule has 1 aliphatic rings. The first-order valence-corrected chi connectivity index (χ1v) is 8.06. The summed E-state index contributed by atoms with van der Waals surface area (Å²) in [6.45, 7) is 3.36. The molecule has 0 aromatic heterocycles. The first-order chi connectivity index (χ1) is 9.46. The van der Waals surface area contributed by atoms with Gasteiger partial charge in [-0.1, -0.05) is 29.8 Å². The summed E-state index contributed by atoms with van der Waals surface area (Å²) in [6.07, 6.45) is -0.386. The van der Waals surface area contributed by atoms with E-state index in [4.69, 9.17) is 4.74 Å². The van der Waals surface area contributed by atoms with Gasteiger partial charge in [-0.15, -0.1) is 0 Å². The van der Waals surface area contributed by atoms with Crippen LogP contribution in [0.15, 0.2) is 24.3 Å². The summed E-state index contributed by atoms with van der Waals surface area (Å²) in [7, 11) is -3.39. The van der Waals surface area contributed by atoms with Crippen LogP contribution in [0, 0.1) is 6.92 Å². The third-order valence-corrected chi connectivity index (χ3v) is 4.38. The van der Waals surface area contributed by atoms with Gasteiger partial charge in [-0.3, -0.25) is 0 Å². The second-order valence-corrected chi connectivity index (χ2v) is 6.55. The highest BCUT2D eigenvalue weighted by Crippen LogP contribution is 2.07. The fourth-order valence-corrected chi connectivity index (χ4v) is 3.06. The molecular weight excluding hydrogens is 280 g/mol. The number of sulfonamides is 1. The Hall–Kier alpha value is -1.60. The van der Waals surface area contributed by atoms with Crippen molar-refractivity contribution in [3.8, 4) is 0 Å². The lowest BCUT2D eigenvalue weighted by Gasteiger charge is -2.13. The predicted octanol–water partition coefficient (Wildman–Crippen LogP) is 0.867. The Morgan fingerprint density at radius 1 is 1.30 bits per heavy atom. The molecule has 1 aromatic carbocycles. The van der Waals surface area contributed by atoms with E-state index in [1.807, 2.05) is 19.1 Å². The molecule has 0 atom stereocenters.